The van der Waals surface area contributed by atoms with Crippen molar-refractivity contribution in [3.05, 3.63) is 71.8 Å². The van der Waals surface area contributed by atoms with Crippen LogP contribution in [0.25, 0.3) is 0 Å². The van der Waals surface area contributed by atoms with Gasteiger partial charge in [0.05, 0.1) is 0 Å². The number of urea groups is 1. The quantitative estimate of drug-likeness (QED) is 0.931. The number of nitrogens with zero attached hydrogens (tertiary/aromatic N) is 2. The van der Waals surface area contributed by atoms with Gasteiger partial charge in [0.25, 0.3) is 5.91 Å². The van der Waals surface area contributed by atoms with Crippen molar-refractivity contribution in [3.63, 3.8) is 0 Å². The molecule has 130 valence electrons. The van der Waals surface area contributed by atoms with Crippen LogP contribution in [0.4, 0.5) is 4.79 Å². The zero-order chi connectivity index (χ0) is 17.5. The van der Waals surface area contributed by atoms with E-state index < -0.39 is 0 Å². The van der Waals surface area contributed by atoms with Crippen LogP contribution in [0.5, 0.6) is 0 Å². The summed E-state index contributed by atoms with van der Waals surface area (Å²) in [5.41, 5.74) is 1.91. The van der Waals surface area contributed by atoms with Crippen molar-refractivity contribution in [3.8, 4) is 0 Å². The van der Waals surface area contributed by atoms with Crippen molar-refractivity contribution in [2.75, 3.05) is 32.7 Å². The average molecular weight is 337 g/mol. The van der Waals surface area contributed by atoms with Crippen LogP contribution in [0.3, 0.4) is 0 Å². The molecule has 5 nitrogen and oxygen atoms in total. The SMILES string of the molecule is O=C(NCCc1ccccc1)N1CCN(C(=O)c2ccccc2)CC1. The largest absolute Gasteiger partial charge is 0.338 e. The maximum absolute atomic E-state index is 12.4. The van der Waals surface area contributed by atoms with Gasteiger partial charge in [0.2, 0.25) is 0 Å². The van der Waals surface area contributed by atoms with Crippen molar-refractivity contribution in [2.45, 2.75) is 6.42 Å². The summed E-state index contributed by atoms with van der Waals surface area (Å²) in [6.45, 7) is 2.89. The van der Waals surface area contributed by atoms with Gasteiger partial charge in [-0.1, -0.05) is 48.5 Å². The van der Waals surface area contributed by atoms with Crippen LogP contribution in [-0.2, 0) is 6.42 Å². The summed E-state index contributed by atoms with van der Waals surface area (Å²) < 4.78 is 0. The number of amides is 3. The number of hydrogen-bond donors (Lipinski definition) is 1. The molecule has 1 aliphatic heterocycles. The van der Waals surface area contributed by atoms with Crippen LogP contribution < -0.4 is 5.32 Å². The summed E-state index contributed by atoms with van der Waals surface area (Å²) in [7, 11) is 0. The van der Waals surface area contributed by atoms with E-state index in [0.29, 0.717) is 38.3 Å². The first-order chi connectivity index (χ1) is 12.2. The van der Waals surface area contributed by atoms with Gasteiger partial charge >= 0.3 is 6.03 Å². The molecule has 0 radical (unpaired) electrons. The first-order valence-corrected chi connectivity index (χ1v) is 8.65. The summed E-state index contributed by atoms with van der Waals surface area (Å²) in [4.78, 5) is 28.2. The molecule has 0 aliphatic carbocycles. The highest BCUT2D eigenvalue weighted by Gasteiger charge is 2.24. The smallest absolute Gasteiger partial charge is 0.317 e. The molecule has 2 aromatic carbocycles. The molecule has 1 aliphatic rings. The minimum absolute atomic E-state index is 0.0322. The lowest BCUT2D eigenvalue weighted by atomic mass is 10.1. The van der Waals surface area contributed by atoms with Gasteiger partial charge in [-0.3, -0.25) is 4.79 Å². The van der Waals surface area contributed by atoms with E-state index in [2.05, 4.69) is 17.4 Å². The molecule has 2 aromatic rings. The molecule has 0 unspecified atom stereocenters. The molecule has 1 heterocycles. The number of nitrogens with one attached hydrogen (secondary N) is 1. The van der Waals surface area contributed by atoms with E-state index in [4.69, 9.17) is 0 Å². The van der Waals surface area contributed by atoms with E-state index in [-0.39, 0.29) is 11.9 Å². The summed E-state index contributed by atoms with van der Waals surface area (Å²) in [6.07, 6.45) is 0.818. The number of carbonyl (C=O) groups is 2. The standard InChI is InChI=1S/C20H23N3O2/c24-19(18-9-5-2-6-10-18)22-13-15-23(16-14-22)20(25)21-12-11-17-7-3-1-4-8-17/h1-10H,11-16H2,(H,21,25). The molecule has 5 heteroatoms. The minimum atomic E-state index is -0.0530. The number of rotatable bonds is 4. The van der Waals surface area contributed by atoms with Crippen molar-refractivity contribution < 1.29 is 9.59 Å². The van der Waals surface area contributed by atoms with Gasteiger partial charge in [0, 0.05) is 38.3 Å². The predicted octanol–water partition coefficient (Wildman–Crippen LogP) is 2.40. The molecule has 0 bridgehead atoms. The summed E-state index contributed by atoms with van der Waals surface area (Å²) in [6, 6.07) is 19.3. The van der Waals surface area contributed by atoms with Gasteiger partial charge in [0.1, 0.15) is 0 Å². The number of carbonyl (C=O) groups excluding carboxylic acids is 2. The van der Waals surface area contributed by atoms with Gasteiger partial charge < -0.3 is 15.1 Å². The number of piperazine rings is 1. The topological polar surface area (TPSA) is 52.7 Å². The van der Waals surface area contributed by atoms with Crippen LogP contribution in [0.2, 0.25) is 0 Å². The van der Waals surface area contributed by atoms with Gasteiger partial charge in [-0.25, -0.2) is 4.79 Å². The molecule has 3 amide bonds. The second kappa shape index (κ2) is 8.33. The second-order valence-electron chi connectivity index (χ2n) is 6.11. The Kier molecular flexibility index (Phi) is 5.67. The fraction of sp³-hybridized carbons (Fsp3) is 0.300. The lowest BCUT2D eigenvalue weighted by Crippen LogP contribution is -2.53. The third-order valence-corrected chi connectivity index (χ3v) is 4.41. The lowest BCUT2D eigenvalue weighted by molar-refractivity contribution is 0.0665. The molecular weight excluding hydrogens is 314 g/mol. The molecule has 1 saturated heterocycles. The van der Waals surface area contributed by atoms with Crippen LogP contribution in [0, 0.1) is 0 Å². The number of hydrogen-bond acceptors (Lipinski definition) is 2. The molecule has 25 heavy (non-hydrogen) atoms. The molecule has 0 aromatic heterocycles. The Morgan fingerprint density at radius 1 is 0.800 bits per heavy atom. The van der Waals surface area contributed by atoms with Gasteiger partial charge in [-0.2, -0.15) is 0 Å². The van der Waals surface area contributed by atoms with Gasteiger partial charge in [-0.05, 0) is 24.1 Å². The third-order valence-electron chi connectivity index (χ3n) is 4.41. The highest BCUT2D eigenvalue weighted by molar-refractivity contribution is 5.94. The predicted molar refractivity (Wildman–Crippen MR) is 97.5 cm³/mol. The van der Waals surface area contributed by atoms with E-state index in [1.54, 1.807) is 4.90 Å². The average Bonchev–Trinajstić information content (AvgIpc) is 2.69. The molecule has 1 N–H and O–H groups in total. The first kappa shape index (κ1) is 17.0. The fourth-order valence-corrected chi connectivity index (χ4v) is 2.95. The van der Waals surface area contributed by atoms with E-state index in [1.807, 2.05) is 53.4 Å². The normalized spacial score (nSPS) is 14.2. The van der Waals surface area contributed by atoms with Crippen molar-refractivity contribution in [1.82, 2.24) is 15.1 Å². The first-order valence-electron chi connectivity index (χ1n) is 8.65. The zero-order valence-electron chi connectivity index (χ0n) is 14.2. The molecule has 1 fully saturated rings. The lowest BCUT2D eigenvalue weighted by Gasteiger charge is -2.34. The summed E-state index contributed by atoms with van der Waals surface area (Å²) in [5.74, 6) is 0.0322. The highest BCUT2D eigenvalue weighted by Crippen LogP contribution is 2.09. The van der Waals surface area contributed by atoms with E-state index in [1.165, 1.54) is 5.56 Å². The number of benzene rings is 2. The van der Waals surface area contributed by atoms with E-state index >= 15 is 0 Å². The van der Waals surface area contributed by atoms with E-state index in [0.717, 1.165) is 6.42 Å². The Balaban J connectivity index is 1.42. The van der Waals surface area contributed by atoms with Crippen LogP contribution in [0.1, 0.15) is 15.9 Å². The Labute approximate surface area is 148 Å². The van der Waals surface area contributed by atoms with Gasteiger partial charge in [0.15, 0.2) is 0 Å². The second-order valence-corrected chi connectivity index (χ2v) is 6.11. The van der Waals surface area contributed by atoms with Crippen molar-refractivity contribution in [1.29, 1.82) is 0 Å². The maximum atomic E-state index is 12.4. The monoisotopic (exact) mass is 337 g/mol. The van der Waals surface area contributed by atoms with Crippen LogP contribution in [-0.4, -0.2) is 54.5 Å². The summed E-state index contributed by atoms with van der Waals surface area (Å²) >= 11 is 0. The Morgan fingerprint density at radius 3 is 2.00 bits per heavy atom. The van der Waals surface area contributed by atoms with Crippen molar-refractivity contribution in [2.24, 2.45) is 0 Å². The minimum Gasteiger partial charge on any atom is -0.338 e. The van der Waals surface area contributed by atoms with Gasteiger partial charge in [-0.15, -0.1) is 0 Å². The molecule has 0 saturated carbocycles. The maximum Gasteiger partial charge on any atom is 0.317 e. The fourth-order valence-electron chi connectivity index (χ4n) is 2.95. The molecular formula is C20H23N3O2. The Morgan fingerprint density at radius 2 is 1.36 bits per heavy atom. The Hall–Kier alpha value is -2.82. The zero-order valence-corrected chi connectivity index (χ0v) is 14.2. The third kappa shape index (κ3) is 4.59. The van der Waals surface area contributed by atoms with Crippen LogP contribution in [0.15, 0.2) is 60.7 Å². The Bertz CT molecular complexity index is 695. The highest BCUT2D eigenvalue weighted by atomic mass is 16.2. The molecule has 0 spiro atoms. The molecule has 3 rings (SSSR count). The molecule has 0 atom stereocenters. The van der Waals surface area contributed by atoms with Crippen LogP contribution >= 0.6 is 0 Å². The summed E-state index contributed by atoms with van der Waals surface area (Å²) in [5, 5.41) is 2.96. The van der Waals surface area contributed by atoms with Crippen molar-refractivity contribution >= 4 is 11.9 Å². The van der Waals surface area contributed by atoms with E-state index in [9.17, 15) is 9.59 Å².